The highest BCUT2D eigenvalue weighted by molar-refractivity contribution is 14.2. The summed E-state index contributed by atoms with van der Waals surface area (Å²) in [5, 5.41) is 16.1. The van der Waals surface area contributed by atoms with Crippen molar-refractivity contribution in [2.45, 2.75) is 94.1 Å². The third-order valence-corrected chi connectivity index (χ3v) is 10.4. The summed E-state index contributed by atoms with van der Waals surface area (Å²) in [6, 6.07) is 6.88. The molecule has 2 aromatic heterocycles. The van der Waals surface area contributed by atoms with Crippen LogP contribution in [0.1, 0.15) is 92.7 Å². The fraction of sp³-hybridized carbons (Fsp3) is 0.639. The Labute approximate surface area is 308 Å². The minimum absolute atomic E-state index is 0. The number of benzene rings is 1. The third kappa shape index (κ3) is 9.53. The molecule has 6 rings (SSSR count). The number of amides is 1. The number of anilines is 1. The molecule has 1 unspecified atom stereocenters. The molecule has 0 radical (unpaired) electrons. The molecule has 0 aliphatic carbocycles. The molecule has 1 amide bonds. The number of carbonyl (C=O) groups is 1. The Hall–Kier alpha value is -2.75. The number of hydrogen-bond acceptors (Lipinski definition) is 9. The minimum atomic E-state index is -0.527. The van der Waals surface area contributed by atoms with E-state index < -0.39 is 5.60 Å². The van der Waals surface area contributed by atoms with Crippen LogP contribution in [0.4, 0.5) is 10.6 Å². The summed E-state index contributed by atoms with van der Waals surface area (Å²) >= 11 is 2.33. The van der Waals surface area contributed by atoms with E-state index >= 15 is 0 Å². The van der Waals surface area contributed by atoms with Gasteiger partial charge in [-0.2, -0.15) is 20.3 Å². The minimum Gasteiger partial charge on any atom is -0.462 e. The van der Waals surface area contributed by atoms with Gasteiger partial charge in [0.25, 0.3) is 0 Å². The zero-order valence-corrected chi connectivity index (χ0v) is 33.1. The van der Waals surface area contributed by atoms with Crippen molar-refractivity contribution < 1.29 is 14.3 Å². The van der Waals surface area contributed by atoms with Gasteiger partial charge < -0.3 is 19.3 Å². The molecule has 0 saturated carbocycles. The summed E-state index contributed by atoms with van der Waals surface area (Å²) in [6.45, 7) is 22.1. The van der Waals surface area contributed by atoms with Gasteiger partial charge >= 0.3 is 12.1 Å². The van der Waals surface area contributed by atoms with Crippen LogP contribution >= 0.6 is 28.4 Å². The van der Waals surface area contributed by atoms with E-state index in [1.54, 1.807) is 4.90 Å². The molecule has 3 fully saturated rings. The molecule has 1 atom stereocenters. The number of aromatic nitrogens is 4. The van der Waals surface area contributed by atoms with Crippen molar-refractivity contribution in [2.75, 3.05) is 57.3 Å². The van der Waals surface area contributed by atoms with E-state index in [1.807, 2.05) is 52.2 Å². The van der Waals surface area contributed by atoms with Gasteiger partial charge in [0.1, 0.15) is 23.8 Å². The highest BCUT2D eigenvalue weighted by atomic mass is 127. The Bertz CT molecular complexity index is 1590. The third-order valence-electron chi connectivity index (χ3n) is 8.54. The molecule has 3 aliphatic rings. The first-order valence-corrected chi connectivity index (χ1v) is 21.3. The Morgan fingerprint density at radius 2 is 1.78 bits per heavy atom. The second-order valence-corrected chi connectivity index (χ2v) is 15.6. The average Bonchev–Trinajstić information content (AvgIpc) is 3.81. The second-order valence-electron chi connectivity index (χ2n) is 13.6. The SMILES string of the molecule is C.CC.CCC.Cc1ccc2c(cnn2PI)c1-c1nc(OCCN2CCCC2)nc(N2CCC3(CN(C(=O)OC(C)(C)C)C3)C2)c1C#N. The van der Waals surface area contributed by atoms with E-state index in [9.17, 15) is 10.1 Å². The van der Waals surface area contributed by atoms with E-state index in [4.69, 9.17) is 19.4 Å². The summed E-state index contributed by atoms with van der Waals surface area (Å²) in [7, 11) is 0. The van der Waals surface area contributed by atoms with Crippen LogP contribution in [-0.4, -0.2) is 93.4 Å². The highest BCUT2D eigenvalue weighted by Crippen LogP contribution is 2.44. The molecule has 3 aromatic rings. The van der Waals surface area contributed by atoms with Gasteiger partial charge in [-0.25, -0.2) is 9.25 Å². The first-order chi connectivity index (χ1) is 23.0. The molecule has 3 aliphatic heterocycles. The maximum absolute atomic E-state index is 12.6. The number of nitrogens with zero attached hydrogens (tertiary/aromatic N) is 8. The van der Waals surface area contributed by atoms with Crippen LogP contribution < -0.4 is 9.64 Å². The van der Waals surface area contributed by atoms with E-state index in [-0.39, 0.29) is 24.9 Å². The molecular formula is C36H56IN8O3P. The lowest BCUT2D eigenvalue weighted by Crippen LogP contribution is -2.60. The van der Waals surface area contributed by atoms with Crippen LogP contribution in [-0.2, 0) is 4.74 Å². The Kier molecular flexibility index (Phi) is 14.9. The number of carbonyl (C=O) groups excluding carboxylic acids is 1. The van der Waals surface area contributed by atoms with E-state index in [0.717, 1.165) is 54.6 Å². The van der Waals surface area contributed by atoms with Crippen molar-refractivity contribution in [3.63, 3.8) is 0 Å². The summed E-state index contributed by atoms with van der Waals surface area (Å²) in [6.07, 6.45) is 6.64. The van der Waals surface area contributed by atoms with Gasteiger partial charge in [-0.1, -0.05) is 47.6 Å². The molecule has 0 N–H and O–H groups in total. The van der Waals surface area contributed by atoms with Crippen LogP contribution in [0, 0.1) is 23.7 Å². The molecule has 49 heavy (non-hydrogen) atoms. The maximum atomic E-state index is 12.6. The molecular weight excluding hydrogens is 750 g/mol. The fourth-order valence-corrected chi connectivity index (χ4v) is 8.00. The highest BCUT2D eigenvalue weighted by Gasteiger charge is 2.51. The summed E-state index contributed by atoms with van der Waals surface area (Å²) in [5.74, 6) is 0.593. The monoisotopic (exact) mass is 806 g/mol. The van der Waals surface area contributed by atoms with E-state index in [0.29, 0.717) is 49.7 Å². The van der Waals surface area contributed by atoms with Crippen LogP contribution in [0.5, 0.6) is 6.01 Å². The molecule has 0 bridgehead atoms. The average molecular weight is 807 g/mol. The summed E-state index contributed by atoms with van der Waals surface area (Å²) in [4.78, 5) is 28.7. The quantitative estimate of drug-likeness (QED) is 0.172. The molecule has 270 valence electrons. The van der Waals surface area contributed by atoms with Gasteiger partial charge in [0.2, 0.25) is 0 Å². The molecule has 5 heterocycles. The van der Waals surface area contributed by atoms with Gasteiger partial charge in [0, 0.05) is 49.1 Å². The number of aryl methyl sites for hydroxylation is 1. The van der Waals surface area contributed by atoms with Crippen molar-refractivity contribution >= 4 is 51.2 Å². The standard InChI is InChI=1S/C30H38IN8O3P.C3H8.C2H6.CH4/c1-20-7-8-23-22(16-33-39(23)43-31)24(20)25-21(15-32)26(35-27(34-25)41-14-13-36-10-5-6-11-36)37-12-9-30(17-37)18-38(19-30)28(40)42-29(2,3)4;1-3-2;1-2;/h7-8,16,43H,5-6,9-14,17-19H2,1-4H3;3H2,1-2H3;1-2H3;1H4. The van der Waals surface area contributed by atoms with Gasteiger partial charge in [-0.15, -0.1) is 0 Å². The molecule has 1 aromatic carbocycles. The number of fused-ring (bicyclic) bond motifs is 1. The van der Waals surface area contributed by atoms with Crippen molar-refractivity contribution in [1.82, 2.24) is 29.3 Å². The number of rotatable bonds is 7. The number of likely N-dealkylation sites (tertiary alicyclic amines) is 2. The Morgan fingerprint density at radius 1 is 1.10 bits per heavy atom. The van der Waals surface area contributed by atoms with Crippen LogP contribution in [0.3, 0.4) is 0 Å². The molecule has 11 nitrogen and oxygen atoms in total. The zero-order chi connectivity index (χ0) is 35.1. The smallest absolute Gasteiger partial charge is 0.410 e. The van der Waals surface area contributed by atoms with Crippen LogP contribution in [0.2, 0.25) is 0 Å². The molecule has 1 spiro atoms. The van der Waals surface area contributed by atoms with E-state index in [1.165, 1.54) is 19.3 Å². The normalized spacial score (nSPS) is 16.8. The lowest BCUT2D eigenvalue weighted by Gasteiger charge is -2.47. The van der Waals surface area contributed by atoms with Crippen molar-refractivity contribution in [2.24, 2.45) is 5.41 Å². The predicted octanol–water partition coefficient (Wildman–Crippen LogP) is 8.47. The van der Waals surface area contributed by atoms with Crippen LogP contribution in [0.25, 0.3) is 22.2 Å². The molecule has 3 saturated heterocycles. The largest absolute Gasteiger partial charge is 0.462 e. The summed E-state index contributed by atoms with van der Waals surface area (Å²) < 4.78 is 13.8. The lowest BCUT2D eigenvalue weighted by atomic mass is 9.79. The summed E-state index contributed by atoms with van der Waals surface area (Å²) in [5.41, 5.74) is 3.34. The zero-order valence-electron chi connectivity index (χ0n) is 29.9. The van der Waals surface area contributed by atoms with Gasteiger partial charge in [-0.05, 0) is 93.7 Å². The van der Waals surface area contributed by atoms with Gasteiger partial charge in [0.15, 0.2) is 5.82 Å². The van der Waals surface area contributed by atoms with Crippen molar-refractivity contribution in [3.8, 4) is 23.3 Å². The maximum Gasteiger partial charge on any atom is 0.410 e. The van der Waals surface area contributed by atoms with Crippen molar-refractivity contribution in [3.05, 3.63) is 29.5 Å². The number of hydrogen-bond donors (Lipinski definition) is 0. The lowest BCUT2D eigenvalue weighted by molar-refractivity contribution is -0.0266. The first-order valence-electron chi connectivity index (χ1n) is 17.3. The van der Waals surface area contributed by atoms with E-state index in [2.05, 4.69) is 69.0 Å². The topological polar surface area (TPSA) is 113 Å². The number of halogens is 1. The predicted molar refractivity (Wildman–Crippen MR) is 210 cm³/mol. The van der Waals surface area contributed by atoms with Crippen LogP contribution in [0.15, 0.2) is 18.3 Å². The first kappa shape index (κ1) is 40.7. The van der Waals surface area contributed by atoms with Gasteiger partial charge in [-0.3, -0.25) is 4.90 Å². The fourth-order valence-electron chi connectivity index (χ4n) is 6.46. The molecule has 13 heteroatoms. The number of nitriles is 1. The van der Waals surface area contributed by atoms with Crippen molar-refractivity contribution in [1.29, 1.82) is 5.26 Å². The number of ether oxygens (including phenoxy) is 2. The van der Waals surface area contributed by atoms with Gasteiger partial charge in [0.05, 0.1) is 23.8 Å². The Balaban J connectivity index is 0.00000103. The second kappa shape index (κ2) is 18.0. The Morgan fingerprint density at radius 3 is 2.39 bits per heavy atom.